The normalized spacial score (nSPS) is 10.7. The van der Waals surface area contributed by atoms with Crippen LogP contribution in [0, 0.1) is 0 Å². The van der Waals surface area contributed by atoms with Crippen LogP contribution in [-0.4, -0.2) is 25.7 Å². The molecule has 0 aliphatic heterocycles. The summed E-state index contributed by atoms with van der Waals surface area (Å²) in [5.74, 6) is -0.0237. The van der Waals surface area contributed by atoms with E-state index in [1.807, 2.05) is 0 Å². The summed E-state index contributed by atoms with van der Waals surface area (Å²) >= 11 is 0. The van der Waals surface area contributed by atoms with Gasteiger partial charge in [-0.15, -0.1) is 0 Å². The van der Waals surface area contributed by atoms with Crippen molar-refractivity contribution in [2.45, 2.75) is 84.5 Å². The fraction of sp³-hybridized carbons (Fsp3) is 0.941. The van der Waals surface area contributed by atoms with E-state index in [4.69, 9.17) is 4.74 Å². The predicted molar refractivity (Wildman–Crippen MR) is 86.0 cm³/mol. The van der Waals surface area contributed by atoms with Crippen LogP contribution >= 0.6 is 0 Å². The summed E-state index contributed by atoms with van der Waals surface area (Å²) in [4.78, 5) is 11.4. The highest BCUT2D eigenvalue weighted by molar-refractivity contribution is 5.69. The van der Waals surface area contributed by atoms with E-state index >= 15 is 0 Å². The zero-order valence-corrected chi connectivity index (χ0v) is 13.7. The van der Waals surface area contributed by atoms with Crippen LogP contribution in [0.4, 0.5) is 0 Å². The van der Waals surface area contributed by atoms with Gasteiger partial charge in [-0.25, -0.2) is 0 Å². The van der Waals surface area contributed by atoms with E-state index < -0.39 is 0 Å². The highest BCUT2D eigenvalue weighted by Crippen LogP contribution is 2.10. The van der Waals surface area contributed by atoms with Gasteiger partial charge >= 0.3 is 5.97 Å². The lowest BCUT2D eigenvalue weighted by molar-refractivity contribution is -0.143. The van der Waals surface area contributed by atoms with Gasteiger partial charge in [-0.2, -0.15) is 0 Å². The van der Waals surface area contributed by atoms with Gasteiger partial charge in [-0.1, -0.05) is 65.2 Å². The first kappa shape index (κ1) is 19.4. The maximum absolute atomic E-state index is 11.4. The Morgan fingerprint density at radius 1 is 0.850 bits per heavy atom. The summed E-state index contributed by atoms with van der Waals surface area (Å²) < 4.78 is 5.18. The molecule has 0 saturated carbocycles. The summed E-state index contributed by atoms with van der Waals surface area (Å²) in [5.41, 5.74) is 0. The highest BCUT2D eigenvalue weighted by Gasteiger charge is 2.02. The number of carbonyl (C=O) groups excluding carboxylic acids is 1. The van der Waals surface area contributed by atoms with Gasteiger partial charge in [0.15, 0.2) is 0 Å². The standard InChI is InChI=1S/C17H35NO2/c1-3-5-6-7-8-9-10-11-12-14-17(19)20-16-13-15-18-4-2/h18H,3-16H2,1-2H3. The molecule has 1 N–H and O–H groups in total. The minimum Gasteiger partial charge on any atom is -0.466 e. The molecule has 0 heterocycles. The van der Waals surface area contributed by atoms with Gasteiger partial charge in [0.05, 0.1) is 6.61 Å². The van der Waals surface area contributed by atoms with Crippen molar-refractivity contribution in [3.8, 4) is 0 Å². The van der Waals surface area contributed by atoms with Gasteiger partial charge in [0, 0.05) is 6.42 Å². The van der Waals surface area contributed by atoms with Crippen LogP contribution in [0.15, 0.2) is 0 Å². The molecule has 0 radical (unpaired) electrons. The molecule has 0 aliphatic rings. The fourth-order valence-corrected chi connectivity index (χ4v) is 2.21. The molecule has 0 atom stereocenters. The second-order valence-electron chi connectivity index (χ2n) is 5.51. The number of esters is 1. The summed E-state index contributed by atoms with van der Waals surface area (Å²) in [6, 6.07) is 0. The summed E-state index contributed by atoms with van der Waals surface area (Å²) in [5, 5.41) is 3.22. The Labute approximate surface area is 125 Å². The molecule has 0 bridgehead atoms. The van der Waals surface area contributed by atoms with E-state index in [0.29, 0.717) is 13.0 Å². The third-order valence-corrected chi connectivity index (χ3v) is 3.50. The summed E-state index contributed by atoms with van der Waals surface area (Å²) in [7, 11) is 0. The maximum atomic E-state index is 11.4. The molecule has 0 aromatic rings. The maximum Gasteiger partial charge on any atom is 0.305 e. The molecule has 0 amide bonds. The van der Waals surface area contributed by atoms with E-state index in [1.54, 1.807) is 0 Å². The average Bonchev–Trinajstić information content (AvgIpc) is 2.45. The molecule has 0 unspecified atom stereocenters. The molecule has 3 nitrogen and oxygen atoms in total. The van der Waals surface area contributed by atoms with Crippen LogP contribution in [0.1, 0.15) is 84.5 Å². The van der Waals surface area contributed by atoms with Gasteiger partial charge < -0.3 is 10.1 Å². The van der Waals surface area contributed by atoms with Gasteiger partial charge in [0.1, 0.15) is 0 Å². The third kappa shape index (κ3) is 15.5. The molecular weight excluding hydrogens is 250 g/mol. The molecule has 120 valence electrons. The van der Waals surface area contributed by atoms with Crippen molar-refractivity contribution in [3.05, 3.63) is 0 Å². The van der Waals surface area contributed by atoms with Crippen molar-refractivity contribution in [1.82, 2.24) is 5.32 Å². The number of hydrogen-bond donors (Lipinski definition) is 1. The first-order chi connectivity index (χ1) is 9.81. The number of hydrogen-bond acceptors (Lipinski definition) is 3. The Kier molecular flexibility index (Phi) is 16.0. The van der Waals surface area contributed by atoms with Crippen molar-refractivity contribution < 1.29 is 9.53 Å². The monoisotopic (exact) mass is 285 g/mol. The predicted octanol–water partition coefficient (Wildman–Crippen LogP) is 4.45. The van der Waals surface area contributed by atoms with Gasteiger partial charge in [-0.05, 0) is 25.9 Å². The molecule has 0 fully saturated rings. The van der Waals surface area contributed by atoms with Crippen LogP contribution < -0.4 is 5.32 Å². The second-order valence-corrected chi connectivity index (χ2v) is 5.51. The Morgan fingerprint density at radius 2 is 1.45 bits per heavy atom. The van der Waals surface area contributed by atoms with Gasteiger partial charge in [-0.3, -0.25) is 4.79 Å². The van der Waals surface area contributed by atoms with Crippen LogP contribution in [0.2, 0.25) is 0 Å². The smallest absolute Gasteiger partial charge is 0.305 e. The number of nitrogens with one attached hydrogen (secondary N) is 1. The minimum absolute atomic E-state index is 0.0237. The molecular formula is C17H35NO2. The van der Waals surface area contributed by atoms with E-state index in [9.17, 15) is 4.79 Å². The van der Waals surface area contributed by atoms with Crippen molar-refractivity contribution in [3.63, 3.8) is 0 Å². The van der Waals surface area contributed by atoms with Crippen LogP contribution in [0.3, 0.4) is 0 Å². The van der Waals surface area contributed by atoms with E-state index in [0.717, 1.165) is 25.9 Å². The molecule has 0 spiro atoms. The topological polar surface area (TPSA) is 38.3 Å². The average molecular weight is 285 g/mol. The number of rotatable bonds is 15. The Morgan fingerprint density at radius 3 is 2.05 bits per heavy atom. The van der Waals surface area contributed by atoms with Crippen molar-refractivity contribution in [1.29, 1.82) is 0 Å². The van der Waals surface area contributed by atoms with Crippen LogP contribution in [-0.2, 0) is 9.53 Å². The lowest BCUT2D eigenvalue weighted by atomic mass is 10.1. The van der Waals surface area contributed by atoms with Gasteiger partial charge in [0.25, 0.3) is 0 Å². The lowest BCUT2D eigenvalue weighted by Gasteiger charge is -2.05. The summed E-state index contributed by atoms with van der Waals surface area (Å²) in [6.07, 6.45) is 13.1. The first-order valence-electron chi connectivity index (χ1n) is 8.67. The van der Waals surface area contributed by atoms with Crippen molar-refractivity contribution in [2.75, 3.05) is 19.7 Å². The molecule has 20 heavy (non-hydrogen) atoms. The Bertz CT molecular complexity index is 207. The fourth-order valence-electron chi connectivity index (χ4n) is 2.21. The molecule has 3 heteroatoms. The van der Waals surface area contributed by atoms with Gasteiger partial charge in [0.2, 0.25) is 0 Å². The zero-order chi connectivity index (χ0) is 14.9. The zero-order valence-electron chi connectivity index (χ0n) is 13.7. The highest BCUT2D eigenvalue weighted by atomic mass is 16.5. The lowest BCUT2D eigenvalue weighted by Crippen LogP contribution is -2.16. The first-order valence-corrected chi connectivity index (χ1v) is 8.67. The Hall–Kier alpha value is -0.570. The minimum atomic E-state index is -0.0237. The van der Waals surface area contributed by atoms with E-state index in [-0.39, 0.29) is 5.97 Å². The Balaban J connectivity index is 3.11. The quantitative estimate of drug-likeness (QED) is 0.357. The molecule has 0 aliphatic carbocycles. The molecule has 0 saturated heterocycles. The molecule has 0 aromatic heterocycles. The second kappa shape index (κ2) is 16.5. The van der Waals surface area contributed by atoms with E-state index in [1.165, 1.54) is 51.4 Å². The van der Waals surface area contributed by atoms with Crippen molar-refractivity contribution >= 4 is 5.97 Å². The number of carbonyl (C=O) groups is 1. The van der Waals surface area contributed by atoms with Crippen LogP contribution in [0.25, 0.3) is 0 Å². The largest absolute Gasteiger partial charge is 0.466 e. The number of unbranched alkanes of at least 4 members (excludes halogenated alkanes) is 8. The van der Waals surface area contributed by atoms with Crippen LogP contribution in [0.5, 0.6) is 0 Å². The van der Waals surface area contributed by atoms with Crippen molar-refractivity contribution in [2.24, 2.45) is 0 Å². The molecule has 0 rings (SSSR count). The number of ether oxygens (including phenoxy) is 1. The summed E-state index contributed by atoms with van der Waals surface area (Å²) in [6.45, 7) is 6.80. The molecule has 0 aromatic carbocycles. The third-order valence-electron chi connectivity index (χ3n) is 3.50. The SMILES string of the molecule is CCCCCCCCCCCC(=O)OCCCNCC. The van der Waals surface area contributed by atoms with E-state index in [2.05, 4.69) is 19.2 Å².